The molecule has 3 atom stereocenters. The maximum Gasteiger partial charge on any atom is 0.408 e. The molecule has 1 aromatic rings. The average Bonchev–Trinajstić information content (AvgIpc) is 2.81. The van der Waals surface area contributed by atoms with E-state index in [4.69, 9.17) is 14.6 Å². The van der Waals surface area contributed by atoms with Crippen molar-refractivity contribution in [2.45, 2.75) is 44.9 Å². The van der Waals surface area contributed by atoms with Crippen molar-refractivity contribution >= 4 is 23.9 Å². The number of nitrogens with one attached hydrogen (secondary N) is 3. The van der Waals surface area contributed by atoms with Crippen molar-refractivity contribution in [1.82, 2.24) is 16.0 Å². The van der Waals surface area contributed by atoms with Crippen LogP contribution in [0.4, 0.5) is 4.79 Å². The van der Waals surface area contributed by atoms with E-state index in [0.29, 0.717) is 0 Å². The van der Waals surface area contributed by atoms with E-state index in [1.807, 2.05) is 30.3 Å². The van der Waals surface area contributed by atoms with Crippen LogP contribution in [0.5, 0.6) is 0 Å². The number of alkyl carbamates (subject to hydrolysis) is 1. The Hall–Kier alpha value is -3.40. The lowest BCUT2D eigenvalue weighted by molar-refractivity contribution is -0.146. The molecule has 4 N–H and O–H groups in total. The second-order valence-electron chi connectivity index (χ2n) is 7.71. The van der Waals surface area contributed by atoms with Crippen LogP contribution in [-0.2, 0) is 30.5 Å². The summed E-state index contributed by atoms with van der Waals surface area (Å²) in [6.45, 7) is 1.52. The lowest BCUT2D eigenvalue weighted by Gasteiger charge is -2.19. The quantitative estimate of drug-likeness (QED) is 0.347. The topological polar surface area (TPSA) is 143 Å². The van der Waals surface area contributed by atoms with Gasteiger partial charge in [0.05, 0.1) is 19.1 Å². The number of hydrogen-bond donors (Lipinski definition) is 4. The average molecular weight is 462 g/mol. The monoisotopic (exact) mass is 461 g/mol. The van der Waals surface area contributed by atoms with Crippen LogP contribution in [0.25, 0.3) is 0 Å². The summed E-state index contributed by atoms with van der Waals surface area (Å²) >= 11 is 0. The predicted octanol–water partition coefficient (Wildman–Crippen LogP) is 0.794. The Morgan fingerprint density at radius 3 is 2.67 bits per heavy atom. The summed E-state index contributed by atoms with van der Waals surface area (Å²) in [5.41, 5.74) is 0.813. The minimum atomic E-state index is -0.952. The fourth-order valence-corrected chi connectivity index (χ4v) is 3.07. The molecule has 0 aliphatic carbocycles. The van der Waals surface area contributed by atoms with Gasteiger partial charge in [-0.3, -0.25) is 9.59 Å². The SMILES string of the molecule is C[C@H](CO)NC(=O)C[C@H]1CC=CC[C@@H](NC(=O)OCc2ccccc2)C(=O)OCCNC1=O. The van der Waals surface area contributed by atoms with Crippen molar-refractivity contribution < 1.29 is 33.8 Å². The molecule has 33 heavy (non-hydrogen) atoms. The Balaban J connectivity index is 1.94. The fourth-order valence-electron chi connectivity index (χ4n) is 3.07. The lowest BCUT2D eigenvalue weighted by Crippen LogP contribution is -2.43. The standard InChI is InChI=1S/C23H31N3O7/c1-16(14-27)25-20(28)13-18-9-5-6-10-19(22(30)32-12-11-24-21(18)29)26-23(31)33-15-17-7-3-2-4-8-17/h2-8,16,18-19,27H,9-15H2,1H3,(H,24,29)(H,25,28)(H,26,31)/t16-,18-,19-/m1/s1. The molecular formula is C23H31N3O7. The first-order chi connectivity index (χ1) is 15.9. The molecule has 0 unspecified atom stereocenters. The van der Waals surface area contributed by atoms with Crippen LogP contribution in [0.15, 0.2) is 42.5 Å². The number of aliphatic hydroxyl groups excluding tert-OH is 1. The van der Waals surface area contributed by atoms with E-state index in [0.717, 1.165) is 5.56 Å². The normalized spacial score (nSPS) is 20.3. The first-order valence-corrected chi connectivity index (χ1v) is 10.9. The molecule has 1 aliphatic heterocycles. The fraction of sp³-hybridized carbons (Fsp3) is 0.478. The second kappa shape index (κ2) is 13.9. The van der Waals surface area contributed by atoms with Crippen molar-refractivity contribution in [2.24, 2.45) is 5.92 Å². The highest BCUT2D eigenvalue weighted by Gasteiger charge is 2.25. The molecule has 0 bridgehead atoms. The summed E-state index contributed by atoms with van der Waals surface area (Å²) in [6.07, 6.45) is 2.95. The zero-order valence-corrected chi connectivity index (χ0v) is 18.6. The van der Waals surface area contributed by atoms with E-state index in [2.05, 4.69) is 16.0 Å². The first-order valence-electron chi connectivity index (χ1n) is 10.9. The van der Waals surface area contributed by atoms with Gasteiger partial charge in [0, 0.05) is 12.5 Å². The molecule has 2 rings (SSSR count). The van der Waals surface area contributed by atoms with Crippen molar-refractivity contribution in [3.05, 3.63) is 48.0 Å². The molecule has 10 heteroatoms. The number of rotatable bonds is 7. The van der Waals surface area contributed by atoms with Gasteiger partial charge in [-0.25, -0.2) is 9.59 Å². The Kier molecular flexibility index (Phi) is 10.9. The molecule has 10 nitrogen and oxygen atoms in total. The van der Waals surface area contributed by atoms with Crippen LogP contribution >= 0.6 is 0 Å². The smallest absolute Gasteiger partial charge is 0.408 e. The van der Waals surface area contributed by atoms with Gasteiger partial charge in [0.25, 0.3) is 0 Å². The molecule has 3 amide bonds. The molecule has 0 aromatic heterocycles. The first kappa shape index (κ1) is 25.9. The Bertz CT molecular complexity index is 829. The Labute approximate surface area is 192 Å². The van der Waals surface area contributed by atoms with Gasteiger partial charge in [0.1, 0.15) is 19.3 Å². The lowest BCUT2D eigenvalue weighted by atomic mass is 9.98. The van der Waals surface area contributed by atoms with Gasteiger partial charge in [-0.1, -0.05) is 42.5 Å². The number of carbonyl (C=O) groups excluding carboxylic acids is 4. The van der Waals surface area contributed by atoms with Crippen molar-refractivity contribution in [1.29, 1.82) is 0 Å². The summed E-state index contributed by atoms with van der Waals surface area (Å²) in [7, 11) is 0. The summed E-state index contributed by atoms with van der Waals surface area (Å²) < 4.78 is 10.3. The van der Waals surface area contributed by atoms with Crippen LogP contribution in [0.3, 0.4) is 0 Å². The van der Waals surface area contributed by atoms with Gasteiger partial charge in [-0.05, 0) is 25.3 Å². The van der Waals surface area contributed by atoms with Gasteiger partial charge in [0.15, 0.2) is 0 Å². The number of allylic oxidation sites excluding steroid dienone is 1. The molecule has 1 heterocycles. The highest BCUT2D eigenvalue weighted by atomic mass is 16.6. The summed E-state index contributed by atoms with van der Waals surface area (Å²) in [4.78, 5) is 49.0. The molecule has 1 aliphatic rings. The van der Waals surface area contributed by atoms with E-state index in [-0.39, 0.29) is 57.4 Å². The van der Waals surface area contributed by atoms with Crippen LogP contribution in [0.1, 0.15) is 31.7 Å². The zero-order chi connectivity index (χ0) is 24.1. The Morgan fingerprint density at radius 1 is 1.21 bits per heavy atom. The zero-order valence-electron chi connectivity index (χ0n) is 18.6. The number of carbonyl (C=O) groups is 4. The molecule has 1 aromatic carbocycles. The maximum atomic E-state index is 12.4. The van der Waals surface area contributed by atoms with E-state index in [1.54, 1.807) is 19.1 Å². The Morgan fingerprint density at radius 2 is 1.94 bits per heavy atom. The number of aliphatic hydroxyl groups is 1. The largest absolute Gasteiger partial charge is 0.462 e. The van der Waals surface area contributed by atoms with Crippen LogP contribution in [-0.4, -0.2) is 60.8 Å². The second-order valence-corrected chi connectivity index (χ2v) is 7.71. The summed E-state index contributed by atoms with van der Waals surface area (Å²) in [6, 6.07) is 7.78. The van der Waals surface area contributed by atoms with Gasteiger partial charge >= 0.3 is 12.1 Å². The molecule has 0 saturated carbocycles. The van der Waals surface area contributed by atoms with E-state index in [9.17, 15) is 19.2 Å². The van der Waals surface area contributed by atoms with Gasteiger partial charge in [-0.2, -0.15) is 0 Å². The molecule has 0 fully saturated rings. The third-order valence-electron chi connectivity index (χ3n) is 4.88. The highest BCUT2D eigenvalue weighted by Crippen LogP contribution is 2.12. The molecule has 0 radical (unpaired) electrons. The summed E-state index contributed by atoms with van der Waals surface area (Å²) in [5, 5.41) is 16.8. The van der Waals surface area contributed by atoms with Crippen molar-refractivity contribution in [3.63, 3.8) is 0 Å². The number of hydrogen-bond acceptors (Lipinski definition) is 7. The van der Waals surface area contributed by atoms with Crippen LogP contribution in [0.2, 0.25) is 0 Å². The summed E-state index contributed by atoms with van der Waals surface area (Å²) in [5.74, 6) is -1.93. The predicted molar refractivity (Wildman–Crippen MR) is 119 cm³/mol. The van der Waals surface area contributed by atoms with Crippen LogP contribution < -0.4 is 16.0 Å². The van der Waals surface area contributed by atoms with Gasteiger partial charge in [0.2, 0.25) is 11.8 Å². The minimum absolute atomic E-state index is 0.0478. The van der Waals surface area contributed by atoms with E-state index < -0.39 is 30.1 Å². The van der Waals surface area contributed by atoms with Crippen molar-refractivity contribution in [3.8, 4) is 0 Å². The molecule has 0 saturated heterocycles. The third-order valence-corrected chi connectivity index (χ3v) is 4.88. The number of benzene rings is 1. The third kappa shape index (κ3) is 9.73. The highest BCUT2D eigenvalue weighted by molar-refractivity contribution is 5.86. The van der Waals surface area contributed by atoms with E-state index in [1.165, 1.54) is 0 Å². The van der Waals surface area contributed by atoms with E-state index >= 15 is 0 Å². The van der Waals surface area contributed by atoms with Gasteiger partial charge < -0.3 is 30.5 Å². The number of amides is 3. The number of esters is 1. The van der Waals surface area contributed by atoms with Crippen LogP contribution in [0, 0.1) is 5.92 Å². The maximum absolute atomic E-state index is 12.4. The van der Waals surface area contributed by atoms with Gasteiger partial charge in [-0.15, -0.1) is 0 Å². The molecular weight excluding hydrogens is 430 g/mol. The molecule has 180 valence electrons. The molecule has 0 spiro atoms. The minimum Gasteiger partial charge on any atom is -0.462 e. The van der Waals surface area contributed by atoms with Crippen molar-refractivity contribution in [2.75, 3.05) is 19.8 Å². The number of cyclic esters (lactones) is 1. The number of ether oxygens (including phenoxy) is 2.